The van der Waals surface area contributed by atoms with Gasteiger partial charge in [0.1, 0.15) is 5.82 Å². The molecule has 0 aromatic heterocycles. The highest BCUT2D eigenvalue weighted by molar-refractivity contribution is 5.94. The number of hydrogen-bond donors (Lipinski definition) is 2. The van der Waals surface area contributed by atoms with E-state index in [9.17, 15) is 14.0 Å². The Labute approximate surface area is 154 Å². The summed E-state index contributed by atoms with van der Waals surface area (Å²) in [5.74, 6) is -0.131. The number of benzene rings is 1. The first kappa shape index (κ1) is 18.7. The molecule has 1 heterocycles. The Morgan fingerprint density at radius 1 is 1.08 bits per heavy atom. The molecule has 1 saturated heterocycles. The summed E-state index contributed by atoms with van der Waals surface area (Å²) in [6.07, 6.45) is 7.52. The monoisotopic (exact) mass is 361 g/mol. The number of carbonyl (C=O) groups excluding carboxylic acids is 2. The standard InChI is InChI=1S/C20H28FN3O2/c21-17-6-4-5-16(13-17)19(25)24-11-9-15(10-12-24)14-22-20(26)23-18-7-2-1-3-8-18/h4-6,13,15,18H,1-3,7-12,14H2,(H2,22,23,26). The first-order chi connectivity index (χ1) is 12.6. The SMILES string of the molecule is O=C(NCC1CCN(C(=O)c2cccc(F)c2)CC1)NC1CCCCC1. The van der Waals surface area contributed by atoms with Gasteiger partial charge in [0.15, 0.2) is 0 Å². The minimum atomic E-state index is -0.390. The lowest BCUT2D eigenvalue weighted by molar-refractivity contribution is 0.0690. The molecule has 142 valence electrons. The van der Waals surface area contributed by atoms with Crippen LogP contribution in [0.5, 0.6) is 0 Å². The van der Waals surface area contributed by atoms with Crippen LogP contribution in [0.2, 0.25) is 0 Å². The molecule has 1 aromatic rings. The number of likely N-dealkylation sites (tertiary alicyclic amines) is 1. The zero-order valence-electron chi connectivity index (χ0n) is 15.2. The maximum Gasteiger partial charge on any atom is 0.315 e. The molecule has 26 heavy (non-hydrogen) atoms. The Balaban J connectivity index is 1.38. The third kappa shape index (κ3) is 5.19. The second-order valence-corrected chi connectivity index (χ2v) is 7.44. The molecule has 5 nitrogen and oxygen atoms in total. The smallest absolute Gasteiger partial charge is 0.315 e. The Hall–Kier alpha value is -2.11. The first-order valence-electron chi connectivity index (χ1n) is 9.71. The number of urea groups is 1. The van der Waals surface area contributed by atoms with E-state index in [2.05, 4.69) is 10.6 Å². The van der Waals surface area contributed by atoms with E-state index in [0.717, 1.165) is 25.7 Å². The molecule has 0 unspecified atom stereocenters. The molecule has 1 saturated carbocycles. The van der Waals surface area contributed by atoms with E-state index in [4.69, 9.17) is 0 Å². The summed E-state index contributed by atoms with van der Waals surface area (Å²) in [6, 6.07) is 6.07. The van der Waals surface area contributed by atoms with Crippen LogP contribution in [0.1, 0.15) is 55.3 Å². The van der Waals surface area contributed by atoms with Gasteiger partial charge in [-0.1, -0.05) is 25.3 Å². The fourth-order valence-electron chi connectivity index (χ4n) is 3.86. The lowest BCUT2D eigenvalue weighted by Gasteiger charge is -2.32. The molecular weight excluding hydrogens is 333 g/mol. The molecule has 0 radical (unpaired) electrons. The number of nitrogens with one attached hydrogen (secondary N) is 2. The maximum atomic E-state index is 13.3. The lowest BCUT2D eigenvalue weighted by atomic mass is 9.95. The Kier molecular flexibility index (Phi) is 6.47. The fraction of sp³-hybridized carbons (Fsp3) is 0.600. The lowest BCUT2D eigenvalue weighted by Crippen LogP contribution is -2.46. The molecule has 1 aliphatic carbocycles. The second kappa shape index (κ2) is 9.01. The van der Waals surface area contributed by atoms with Gasteiger partial charge in [0.25, 0.3) is 5.91 Å². The Bertz CT molecular complexity index is 623. The van der Waals surface area contributed by atoms with E-state index in [0.29, 0.717) is 37.2 Å². The van der Waals surface area contributed by atoms with Crippen molar-refractivity contribution in [2.75, 3.05) is 19.6 Å². The van der Waals surface area contributed by atoms with Crippen molar-refractivity contribution in [1.29, 1.82) is 0 Å². The van der Waals surface area contributed by atoms with Gasteiger partial charge in [-0.2, -0.15) is 0 Å². The molecule has 1 aromatic carbocycles. The van der Waals surface area contributed by atoms with Gasteiger partial charge in [0.05, 0.1) is 0 Å². The van der Waals surface area contributed by atoms with Crippen molar-refractivity contribution in [3.8, 4) is 0 Å². The highest BCUT2D eigenvalue weighted by Crippen LogP contribution is 2.19. The molecule has 1 aliphatic heterocycles. The van der Waals surface area contributed by atoms with E-state index >= 15 is 0 Å². The van der Waals surface area contributed by atoms with Gasteiger partial charge >= 0.3 is 6.03 Å². The summed E-state index contributed by atoms with van der Waals surface area (Å²) in [5.41, 5.74) is 0.397. The number of rotatable bonds is 4. The maximum absolute atomic E-state index is 13.3. The predicted molar refractivity (Wildman–Crippen MR) is 98.4 cm³/mol. The van der Waals surface area contributed by atoms with Gasteiger partial charge < -0.3 is 15.5 Å². The van der Waals surface area contributed by atoms with Crippen molar-refractivity contribution >= 4 is 11.9 Å². The number of amides is 3. The van der Waals surface area contributed by atoms with E-state index in [-0.39, 0.29) is 17.8 Å². The van der Waals surface area contributed by atoms with Gasteiger partial charge in [-0.25, -0.2) is 9.18 Å². The molecule has 0 atom stereocenters. The number of piperidine rings is 1. The quantitative estimate of drug-likeness (QED) is 0.864. The van der Waals surface area contributed by atoms with E-state index < -0.39 is 0 Å². The van der Waals surface area contributed by atoms with Gasteiger partial charge in [-0.15, -0.1) is 0 Å². The summed E-state index contributed by atoms with van der Waals surface area (Å²) in [7, 11) is 0. The molecule has 3 amide bonds. The number of nitrogens with zero attached hydrogens (tertiary/aromatic N) is 1. The Morgan fingerprint density at radius 3 is 2.50 bits per heavy atom. The molecular formula is C20H28FN3O2. The van der Waals surface area contributed by atoms with Crippen LogP contribution in [0.4, 0.5) is 9.18 Å². The number of hydrogen-bond acceptors (Lipinski definition) is 2. The van der Waals surface area contributed by atoms with Crippen LogP contribution in [0.25, 0.3) is 0 Å². The minimum Gasteiger partial charge on any atom is -0.339 e. The van der Waals surface area contributed by atoms with Crippen molar-refractivity contribution < 1.29 is 14.0 Å². The molecule has 2 fully saturated rings. The summed E-state index contributed by atoms with van der Waals surface area (Å²) >= 11 is 0. The number of carbonyl (C=O) groups is 2. The van der Waals surface area contributed by atoms with Gasteiger partial charge in [-0.3, -0.25) is 4.79 Å². The molecule has 3 rings (SSSR count). The summed E-state index contributed by atoms with van der Waals surface area (Å²) in [6.45, 7) is 1.93. The van der Waals surface area contributed by atoms with Crippen LogP contribution in [-0.2, 0) is 0 Å². The van der Waals surface area contributed by atoms with Crippen LogP contribution in [0.15, 0.2) is 24.3 Å². The average molecular weight is 361 g/mol. The predicted octanol–water partition coefficient (Wildman–Crippen LogP) is 3.31. The third-order valence-electron chi connectivity index (χ3n) is 5.46. The number of halogens is 1. The summed E-state index contributed by atoms with van der Waals surface area (Å²) < 4.78 is 13.3. The fourth-order valence-corrected chi connectivity index (χ4v) is 3.86. The van der Waals surface area contributed by atoms with Crippen molar-refractivity contribution in [2.45, 2.75) is 51.0 Å². The Morgan fingerprint density at radius 2 is 1.81 bits per heavy atom. The highest BCUT2D eigenvalue weighted by Gasteiger charge is 2.24. The zero-order chi connectivity index (χ0) is 18.4. The third-order valence-corrected chi connectivity index (χ3v) is 5.46. The van der Waals surface area contributed by atoms with E-state index in [1.165, 1.54) is 31.4 Å². The van der Waals surface area contributed by atoms with Gasteiger partial charge in [0.2, 0.25) is 0 Å². The van der Waals surface area contributed by atoms with E-state index in [1.807, 2.05) is 0 Å². The van der Waals surface area contributed by atoms with E-state index in [1.54, 1.807) is 17.0 Å². The van der Waals surface area contributed by atoms with Crippen LogP contribution in [0.3, 0.4) is 0 Å². The van der Waals surface area contributed by atoms with Crippen molar-refractivity contribution in [3.63, 3.8) is 0 Å². The van der Waals surface area contributed by atoms with Crippen molar-refractivity contribution in [3.05, 3.63) is 35.6 Å². The van der Waals surface area contributed by atoms with Crippen LogP contribution in [-0.4, -0.2) is 42.5 Å². The molecule has 6 heteroatoms. The average Bonchev–Trinajstić information content (AvgIpc) is 2.67. The van der Waals surface area contributed by atoms with Gasteiger partial charge in [-0.05, 0) is 49.8 Å². The largest absolute Gasteiger partial charge is 0.339 e. The molecule has 0 bridgehead atoms. The van der Waals surface area contributed by atoms with Gasteiger partial charge in [0, 0.05) is 31.2 Å². The van der Waals surface area contributed by atoms with Crippen LogP contribution >= 0.6 is 0 Å². The first-order valence-corrected chi connectivity index (χ1v) is 9.71. The molecule has 2 aliphatic rings. The molecule has 0 spiro atoms. The normalized spacial score (nSPS) is 19.2. The summed E-state index contributed by atoms with van der Waals surface area (Å²) in [5, 5.41) is 6.04. The highest BCUT2D eigenvalue weighted by atomic mass is 19.1. The van der Waals surface area contributed by atoms with Crippen LogP contribution < -0.4 is 10.6 Å². The van der Waals surface area contributed by atoms with Crippen molar-refractivity contribution in [1.82, 2.24) is 15.5 Å². The zero-order valence-corrected chi connectivity index (χ0v) is 15.2. The van der Waals surface area contributed by atoms with Crippen molar-refractivity contribution in [2.24, 2.45) is 5.92 Å². The molecule has 2 N–H and O–H groups in total. The minimum absolute atomic E-state index is 0.0739. The summed E-state index contributed by atoms with van der Waals surface area (Å²) in [4.78, 5) is 26.2. The van der Waals surface area contributed by atoms with Crippen LogP contribution in [0, 0.1) is 11.7 Å². The second-order valence-electron chi connectivity index (χ2n) is 7.44. The topological polar surface area (TPSA) is 61.4 Å².